The van der Waals surface area contributed by atoms with Gasteiger partial charge >= 0.3 is 0 Å². The van der Waals surface area contributed by atoms with Gasteiger partial charge in [-0.05, 0) is 37.8 Å². The Morgan fingerprint density at radius 3 is 2.89 bits per heavy atom. The first-order chi connectivity index (χ1) is 9.22. The Hall–Kier alpha value is -1.46. The van der Waals surface area contributed by atoms with Crippen LogP contribution >= 0.6 is 22.9 Å². The first kappa shape index (κ1) is 12.6. The fourth-order valence-electron chi connectivity index (χ4n) is 2.10. The predicted octanol–water partition coefficient (Wildman–Crippen LogP) is 3.32. The molecule has 0 aliphatic heterocycles. The third-order valence-electron chi connectivity index (χ3n) is 3.01. The van der Waals surface area contributed by atoms with E-state index in [1.807, 2.05) is 0 Å². The average molecular weight is 294 g/mol. The summed E-state index contributed by atoms with van der Waals surface area (Å²) < 4.78 is 0. The van der Waals surface area contributed by atoms with Crippen molar-refractivity contribution in [2.24, 2.45) is 0 Å². The van der Waals surface area contributed by atoms with Crippen molar-refractivity contribution in [1.82, 2.24) is 9.97 Å². The number of nitrogens with zero attached hydrogens (tertiary/aromatic N) is 2. The predicted molar refractivity (Wildman–Crippen MR) is 76.0 cm³/mol. The van der Waals surface area contributed by atoms with Gasteiger partial charge in [-0.3, -0.25) is 10.1 Å². The van der Waals surface area contributed by atoms with E-state index in [9.17, 15) is 4.79 Å². The molecule has 1 aliphatic rings. The van der Waals surface area contributed by atoms with E-state index < -0.39 is 0 Å². The number of pyridine rings is 1. The summed E-state index contributed by atoms with van der Waals surface area (Å²) in [7, 11) is 0. The zero-order chi connectivity index (χ0) is 13.2. The molecule has 0 aromatic carbocycles. The third-order valence-corrected chi connectivity index (χ3v) is 4.30. The Kier molecular flexibility index (Phi) is 3.48. The summed E-state index contributed by atoms with van der Waals surface area (Å²) in [5, 5.41) is 3.75. The zero-order valence-corrected chi connectivity index (χ0v) is 11.7. The second-order valence-corrected chi connectivity index (χ2v) is 5.87. The van der Waals surface area contributed by atoms with Crippen molar-refractivity contribution in [3.63, 3.8) is 0 Å². The maximum atomic E-state index is 12.0. The van der Waals surface area contributed by atoms with E-state index in [1.165, 1.54) is 17.7 Å². The van der Waals surface area contributed by atoms with Gasteiger partial charge in [0.25, 0.3) is 5.91 Å². The van der Waals surface area contributed by atoms with Gasteiger partial charge < -0.3 is 0 Å². The lowest BCUT2D eigenvalue weighted by Gasteiger charge is -2.06. The van der Waals surface area contributed by atoms with E-state index in [1.54, 1.807) is 29.5 Å². The number of fused-ring (bicyclic) bond motifs is 1. The number of aryl methyl sites for hydroxylation is 2. The average Bonchev–Trinajstić information content (AvgIpc) is 2.80. The second kappa shape index (κ2) is 5.27. The van der Waals surface area contributed by atoms with Crippen molar-refractivity contribution in [3.05, 3.63) is 39.6 Å². The van der Waals surface area contributed by atoms with Crippen LogP contribution in [0.5, 0.6) is 0 Å². The van der Waals surface area contributed by atoms with Crippen LogP contribution in [0.15, 0.2) is 18.2 Å². The molecule has 0 radical (unpaired) electrons. The number of carbonyl (C=O) groups excluding carboxylic acids is 1. The maximum Gasteiger partial charge on any atom is 0.276 e. The number of rotatable bonds is 2. The minimum absolute atomic E-state index is 0.270. The van der Waals surface area contributed by atoms with Crippen LogP contribution in [0.3, 0.4) is 0 Å². The highest BCUT2D eigenvalue weighted by atomic mass is 35.5. The SMILES string of the molecule is O=C(Nc1nc2c(s1)CCCC2)c1cccc(Cl)n1. The van der Waals surface area contributed by atoms with Crippen molar-refractivity contribution in [1.29, 1.82) is 0 Å². The van der Waals surface area contributed by atoms with Crippen molar-refractivity contribution < 1.29 is 4.79 Å². The molecule has 19 heavy (non-hydrogen) atoms. The van der Waals surface area contributed by atoms with Crippen LogP contribution in [0.1, 0.15) is 33.9 Å². The first-order valence-corrected chi connectivity index (χ1v) is 7.34. The molecule has 1 N–H and O–H groups in total. The number of hydrogen-bond acceptors (Lipinski definition) is 4. The molecule has 0 unspecified atom stereocenters. The van der Waals surface area contributed by atoms with Crippen LogP contribution in [-0.2, 0) is 12.8 Å². The molecule has 3 rings (SSSR count). The van der Waals surface area contributed by atoms with E-state index in [-0.39, 0.29) is 5.91 Å². The lowest BCUT2D eigenvalue weighted by atomic mass is 10.0. The van der Waals surface area contributed by atoms with Crippen LogP contribution in [0.25, 0.3) is 0 Å². The molecule has 0 atom stereocenters. The smallest absolute Gasteiger partial charge is 0.276 e. The third kappa shape index (κ3) is 2.77. The second-order valence-electron chi connectivity index (χ2n) is 4.40. The Labute approximate surface area is 119 Å². The van der Waals surface area contributed by atoms with Gasteiger partial charge in [0, 0.05) is 4.88 Å². The lowest BCUT2D eigenvalue weighted by molar-refractivity contribution is 0.102. The Morgan fingerprint density at radius 2 is 2.11 bits per heavy atom. The zero-order valence-electron chi connectivity index (χ0n) is 10.1. The highest BCUT2D eigenvalue weighted by Gasteiger charge is 2.17. The summed E-state index contributed by atoms with van der Waals surface area (Å²) in [4.78, 5) is 21.8. The minimum Gasteiger partial charge on any atom is -0.296 e. The summed E-state index contributed by atoms with van der Waals surface area (Å²) in [6.07, 6.45) is 4.47. The van der Waals surface area contributed by atoms with E-state index in [2.05, 4.69) is 15.3 Å². The molecule has 2 aromatic rings. The highest BCUT2D eigenvalue weighted by molar-refractivity contribution is 7.15. The van der Waals surface area contributed by atoms with Gasteiger partial charge in [-0.1, -0.05) is 17.7 Å². The van der Waals surface area contributed by atoms with Gasteiger partial charge in [0.05, 0.1) is 5.69 Å². The highest BCUT2D eigenvalue weighted by Crippen LogP contribution is 2.29. The number of carbonyl (C=O) groups is 1. The molecule has 0 saturated heterocycles. The molecule has 0 saturated carbocycles. The van der Waals surface area contributed by atoms with E-state index in [0.29, 0.717) is 16.0 Å². The molecular formula is C13H12ClN3OS. The molecule has 1 aliphatic carbocycles. The van der Waals surface area contributed by atoms with Gasteiger partial charge in [-0.15, -0.1) is 11.3 Å². The van der Waals surface area contributed by atoms with Gasteiger partial charge in [0.2, 0.25) is 0 Å². The summed E-state index contributed by atoms with van der Waals surface area (Å²) in [5.41, 5.74) is 1.44. The van der Waals surface area contributed by atoms with Crippen molar-refractivity contribution in [3.8, 4) is 0 Å². The molecule has 0 fully saturated rings. The fourth-order valence-corrected chi connectivity index (χ4v) is 3.31. The summed E-state index contributed by atoms with van der Waals surface area (Å²) in [5.74, 6) is -0.270. The number of amides is 1. The number of aromatic nitrogens is 2. The molecule has 0 bridgehead atoms. The van der Waals surface area contributed by atoms with E-state index >= 15 is 0 Å². The van der Waals surface area contributed by atoms with Crippen LogP contribution in [-0.4, -0.2) is 15.9 Å². The van der Waals surface area contributed by atoms with Crippen LogP contribution < -0.4 is 5.32 Å². The summed E-state index contributed by atoms with van der Waals surface area (Å²) >= 11 is 7.33. The van der Waals surface area contributed by atoms with E-state index in [4.69, 9.17) is 11.6 Å². The summed E-state index contributed by atoms with van der Waals surface area (Å²) in [6, 6.07) is 4.98. The van der Waals surface area contributed by atoms with Crippen molar-refractivity contribution >= 4 is 34.0 Å². The van der Waals surface area contributed by atoms with Crippen LogP contribution in [0.4, 0.5) is 5.13 Å². The largest absolute Gasteiger partial charge is 0.296 e. The minimum atomic E-state index is -0.270. The van der Waals surface area contributed by atoms with Gasteiger partial charge in [-0.2, -0.15) is 0 Å². The lowest BCUT2D eigenvalue weighted by Crippen LogP contribution is -2.13. The number of hydrogen-bond donors (Lipinski definition) is 1. The molecular weight excluding hydrogens is 282 g/mol. The topological polar surface area (TPSA) is 54.9 Å². The molecule has 98 valence electrons. The van der Waals surface area contributed by atoms with Crippen molar-refractivity contribution in [2.45, 2.75) is 25.7 Å². The molecule has 1 amide bonds. The molecule has 2 heterocycles. The quantitative estimate of drug-likeness (QED) is 0.864. The molecule has 2 aromatic heterocycles. The number of thiazole rings is 1. The molecule has 0 spiro atoms. The number of anilines is 1. The van der Waals surface area contributed by atoms with Crippen LogP contribution in [0.2, 0.25) is 5.15 Å². The van der Waals surface area contributed by atoms with E-state index in [0.717, 1.165) is 18.5 Å². The fraction of sp³-hybridized carbons (Fsp3) is 0.308. The van der Waals surface area contributed by atoms with Gasteiger partial charge in [0.1, 0.15) is 10.8 Å². The number of halogens is 1. The monoisotopic (exact) mass is 293 g/mol. The Bertz CT molecular complexity index is 603. The normalized spacial score (nSPS) is 13.9. The molecule has 4 nitrogen and oxygen atoms in total. The Balaban J connectivity index is 1.77. The van der Waals surface area contributed by atoms with Gasteiger partial charge in [-0.25, -0.2) is 9.97 Å². The first-order valence-electron chi connectivity index (χ1n) is 6.15. The standard InChI is InChI=1S/C13H12ClN3OS/c14-11-7-3-5-9(15-11)12(18)17-13-16-8-4-1-2-6-10(8)19-13/h3,5,7H,1-2,4,6H2,(H,16,17,18). The van der Waals surface area contributed by atoms with Crippen LogP contribution in [0, 0.1) is 0 Å². The van der Waals surface area contributed by atoms with Crippen molar-refractivity contribution in [2.75, 3.05) is 5.32 Å². The Morgan fingerprint density at radius 1 is 1.26 bits per heavy atom. The summed E-state index contributed by atoms with van der Waals surface area (Å²) in [6.45, 7) is 0. The maximum absolute atomic E-state index is 12.0. The number of nitrogens with one attached hydrogen (secondary N) is 1. The van der Waals surface area contributed by atoms with Gasteiger partial charge in [0.15, 0.2) is 5.13 Å². The molecule has 6 heteroatoms.